The Labute approximate surface area is 192 Å². The lowest BCUT2D eigenvalue weighted by molar-refractivity contribution is -0.128. The topological polar surface area (TPSA) is 83.5 Å². The summed E-state index contributed by atoms with van der Waals surface area (Å²) in [7, 11) is 0. The number of benzene rings is 1. The highest BCUT2D eigenvalue weighted by Crippen LogP contribution is 2.22. The van der Waals surface area contributed by atoms with Crippen LogP contribution in [0.15, 0.2) is 61.1 Å². The van der Waals surface area contributed by atoms with Crippen molar-refractivity contribution in [1.82, 2.24) is 15.0 Å². The van der Waals surface area contributed by atoms with Gasteiger partial charge in [0.05, 0.1) is 18.1 Å². The van der Waals surface area contributed by atoms with Crippen LogP contribution in [0.4, 0.5) is 17.5 Å². The number of hydrogen-bond acceptors (Lipinski definition) is 7. The van der Waals surface area contributed by atoms with Crippen molar-refractivity contribution in [2.24, 2.45) is 0 Å². The summed E-state index contributed by atoms with van der Waals surface area (Å²) < 4.78 is 5.83. The number of pyridine rings is 1. The molecule has 0 spiro atoms. The lowest BCUT2D eigenvalue weighted by Gasteiger charge is -2.35. The monoisotopic (exact) mass is 452 g/mol. The van der Waals surface area contributed by atoms with Crippen LogP contribution in [-0.4, -0.2) is 52.6 Å². The summed E-state index contributed by atoms with van der Waals surface area (Å²) in [6.45, 7) is 6.68. The number of carbonyl (C=O) groups is 1. The predicted octanol–water partition coefficient (Wildman–Crippen LogP) is 3.65. The van der Waals surface area contributed by atoms with Crippen molar-refractivity contribution in [3.05, 3.63) is 66.1 Å². The lowest BCUT2D eigenvalue weighted by Crippen LogP contribution is -2.47. The number of ether oxygens (including phenoxy) is 1. The number of aromatic nitrogens is 3. The number of hydrogen-bond donors (Lipinski definition) is 1. The summed E-state index contributed by atoms with van der Waals surface area (Å²) in [5.41, 5.74) is -0.576. The number of nitrogens with zero attached hydrogens (tertiary/aromatic N) is 5. The van der Waals surface area contributed by atoms with Gasteiger partial charge in [-0.15, -0.1) is 0 Å². The highest BCUT2D eigenvalue weighted by molar-refractivity contribution is 6.30. The van der Waals surface area contributed by atoms with Gasteiger partial charge in [-0.1, -0.05) is 17.7 Å². The van der Waals surface area contributed by atoms with Gasteiger partial charge < -0.3 is 19.9 Å². The predicted molar refractivity (Wildman–Crippen MR) is 125 cm³/mol. The van der Waals surface area contributed by atoms with Crippen LogP contribution in [0, 0.1) is 0 Å². The molecule has 0 aliphatic carbocycles. The van der Waals surface area contributed by atoms with Gasteiger partial charge in [-0.05, 0) is 50.2 Å². The summed E-state index contributed by atoms with van der Waals surface area (Å²) in [4.78, 5) is 30.4. The maximum Gasteiger partial charge on any atom is 0.268 e. The molecule has 0 unspecified atom stereocenters. The Morgan fingerprint density at radius 1 is 0.969 bits per heavy atom. The van der Waals surface area contributed by atoms with Gasteiger partial charge in [-0.25, -0.2) is 15.0 Å². The molecule has 1 N–H and O–H groups in total. The van der Waals surface area contributed by atoms with Gasteiger partial charge in [0.2, 0.25) is 5.95 Å². The van der Waals surface area contributed by atoms with E-state index in [-0.39, 0.29) is 5.91 Å². The van der Waals surface area contributed by atoms with Crippen molar-refractivity contribution in [3.63, 3.8) is 0 Å². The average Bonchev–Trinajstić information content (AvgIpc) is 2.82. The molecule has 0 radical (unpaired) electrons. The first-order valence-corrected chi connectivity index (χ1v) is 10.8. The molecular formula is C23H25ClN6O2. The van der Waals surface area contributed by atoms with Gasteiger partial charge >= 0.3 is 0 Å². The number of rotatable bonds is 6. The fourth-order valence-electron chi connectivity index (χ4n) is 3.35. The highest BCUT2D eigenvalue weighted by atomic mass is 35.5. The third kappa shape index (κ3) is 5.26. The first-order valence-electron chi connectivity index (χ1n) is 10.4. The van der Waals surface area contributed by atoms with Gasteiger partial charge in [0, 0.05) is 37.4 Å². The molecule has 0 saturated carbocycles. The van der Waals surface area contributed by atoms with E-state index in [4.69, 9.17) is 16.3 Å². The Balaban J connectivity index is 1.32. The van der Waals surface area contributed by atoms with Crippen LogP contribution in [0.3, 0.4) is 0 Å². The van der Waals surface area contributed by atoms with Crippen LogP contribution in [0.5, 0.6) is 5.75 Å². The molecule has 1 aromatic carbocycles. The molecule has 0 bridgehead atoms. The summed E-state index contributed by atoms with van der Waals surface area (Å²) >= 11 is 5.90. The van der Waals surface area contributed by atoms with E-state index in [1.807, 2.05) is 18.2 Å². The zero-order valence-corrected chi connectivity index (χ0v) is 18.8. The fraction of sp³-hybridized carbons (Fsp3) is 0.304. The average molecular weight is 453 g/mol. The molecule has 3 aromatic rings. The van der Waals surface area contributed by atoms with Gasteiger partial charge in [0.1, 0.15) is 11.6 Å². The number of anilines is 3. The molecule has 2 aromatic heterocycles. The van der Waals surface area contributed by atoms with E-state index in [1.54, 1.807) is 56.7 Å². The van der Waals surface area contributed by atoms with Crippen LogP contribution < -0.4 is 19.9 Å². The smallest absolute Gasteiger partial charge is 0.268 e. The fourth-order valence-corrected chi connectivity index (χ4v) is 3.48. The van der Waals surface area contributed by atoms with E-state index in [0.29, 0.717) is 22.4 Å². The van der Waals surface area contributed by atoms with E-state index in [2.05, 4.69) is 30.1 Å². The molecular weight excluding hydrogens is 428 g/mol. The molecule has 9 heteroatoms. The first kappa shape index (κ1) is 21.8. The molecule has 1 saturated heterocycles. The minimum Gasteiger partial charge on any atom is -0.478 e. The van der Waals surface area contributed by atoms with Crippen molar-refractivity contribution in [2.75, 3.05) is 41.3 Å². The molecule has 1 amide bonds. The Morgan fingerprint density at radius 2 is 1.62 bits per heavy atom. The summed E-state index contributed by atoms with van der Waals surface area (Å²) in [6, 6.07) is 12.8. The number of amides is 1. The molecule has 166 valence electrons. The Bertz CT molecular complexity index is 1040. The normalized spacial score (nSPS) is 14.2. The lowest BCUT2D eigenvalue weighted by atomic mass is 10.1. The minimum atomic E-state index is -1.09. The van der Waals surface area contributed by atoms with Crippen molar-refractivity contribution < 1.29 is 9.53 Å². The van der Waals surface area contributed by atoms with Crippen molar-refractivity contribution >= 4 is 35.0 Å². The van der Waals surface area contributed by atoms with Crippen LogP contribution >= 0.6 is 11.6 Å². The Kier molecular flexibility index (Phi) is 6.41. The largest absolute Gasteiger partial charge is 0.478 e. The molecule has 3 heterocycles. The zero-order chi connectivity index (χ0) is 22.6. The van der Waals surface area contributed by atoms with Gasteiger partial charge in [-0.2, -0.15) is 0 Å². The molecule has 0 atom stereocenters. The van der Waals surface area contributed by atoms with Crippen LogP contribution in [0.25, 0.3) is 0 Å². The molecule has 4 rings (SSSR count). The second kappa shape index (κ2) is 9.40. The van der Waals surface area contributed by atoms with Crippen molar-refractivity contribution in [3.8, 4) is 5.75 Å². The number of piperazine rings is 1. The summed E-state index contributed by atoms with van der Waals surface area (Å²) in [5, 5.41) is 3.43. The van der Waals surface area contributed by atoms with Gasteiger partial charge in [-0.3, -0.25) is 4.79 Å². The van der Waals surface area contributed by atoms with E-state index in [9.17, 15) is 4.79 Å². The molecule has 8 nitrogen and oxygen atoms in total. The second-order valence-electron chi connectivity index (χ2n) is 7.95. The maximum absolute atomic E-state index is 12.7. The van der Waals surface area contributed by atoms with Crippen LogP contribution in [0.2, 0.25) is 5.02 Å². The van der Waals surface area contributed by atoms with E-state index in [1.165, 1.54) is 0 Å². The molecule has 32 heavy (non-hydrogen) atoms. The molecule has 1 fully saturated rings. The number of halogens is 1. The highest BCUT2D eigenvalue weighted by Gasteiger charge is 2.30. The third-order valence-corrected chi connectivity index (χ3v) is 5.42. The van der Waals surface area contributed by atoms with Crippen LogP contribution in [-0.2, 0) is 4.79 Å². The second-order valence-corrected chi connectivity index (χ2v) is 8.39. The molecule has 1 aliphatic heterocycles. The first-order chi connectivity index (χ1) is 15.4. The quantitative estimate of drug-likeness (QED) is 0.611. The van der Waals surface area contributed by atoms with Gasteiger partial charge in [0.15, 0.2) is 5.60 Å². The van der Waals surface area contributed by atoms with Crippen LogP contribution in [0.1, 0.15) is 13.8 Å². The van der Waals surface area contributed by atoms with Gasteiger partial charge in [0.25, 0.3) is 5.91 Å². The van der Waals surface area contributed by atoms with E-state index in [0.717, 1.165) is 32.0 Å². The minimum absolute atomic E-state index is 0.298. The standard InChI is InChI=1S/C23H25ClN6O2/c1-23(2,32-19-8-6-17(24)7-9-19)21(31)28-18-15-26-22(27-16-18)30-13-11-29(12-14-30)20-5-3-4-10-25-20/h3-10,15-16H,11-14H2,1-2H3,(H,28,31). The summed E-state index contributed by atoms with van der Waals surface area (Å²) in [5.74, 6) is 1.88. The summed E-state index contributed by atoms with van der Waals surface area (Å²) in [6.07, 6.45) is 5.03. The van der Waals surface area contributed by atoms with Crippen molar-refractivity contribution in [1.29, 1.82) is 0 Å². The van der Waals surface area contributed by atoms with Crippen molar-refractivity contribution in [2.45, 2.75) is 19.4 Å². The SMILES string of the molecule is CC(C)(Oc1ccc(Cl)cc1)C(=O)Nc1cnc(N2CCN(c3ccccn3)CC2)nc1. The molecule has 1 aliphatic rings. The van der Waals surface area contributed by atoms with E-state index >= 15 is 0 Å². The zero-order valence-electron chi connectivity index (χ0n) is 18.0. The maximum atomic E-state index is 12.7. The Morgan fingerprint density at radius 3 is 2.25 bits per heavy atom. The number of nitrogens with one attached hydrogen (secondary N) is 1. The number of carbonyl (C=O) groups excluding carboxylic acids is 1. The van der Waals surface area contributed by atoms with E-state index < -0.39 is 5.60 Å². The Hall–Kier alpha value is -3.39. The third-order valence-electron chi connectivity index (χ3n) is 5.17.